The fraction of sp³-hybridized carbons (Fsp3) is 0.0435. The topological polar surface area (TPSA) is 21.3 Å². The molecule has 9 rings (SSSR count). The minimum atomic E-state index is 0.667. The maximum absolute atomic E-state index is 6.58. The molecule has 0 amide bonds. The van der Waals surface area contributed by atoms with Crippen molar-refractivity contribution in [3.05, 3.63) is 186 Å². The van der Waals surface area contributed by atoms with Gasteiger partial charge in [-0.1, -0.05) is 127 Å². The van der Waals surface area contributed by atoms with Crippen molar-refractivity contribution in [2.75, 3.05) is 4.90 Å². The maximum atomic E-state index is 6.58. The van der Waals surface area contributed by atoms with Crippen molar-refractivity contribution in [1.29, 1.82) is 0 Å². The number of aromatic nitrogens is 1. The quantitative estimate of drug-likeness (QED) is 0.182. The lowest BCUT2D eigenvalue weighted by Gasteiger charge is -2.26. The van der Waals surface area contributed by atoms with Crippen molar-refractivity contribution in [3.63, 3.8) is 0 Å². The Labute approximate surface area is 286 Å². The summed E-state index contributed by atoms with van der Waals surface area (Å²) < 4.78 is 8.96. The molecule has 0 N–H and O–H groups in total. The van der Waals surface area contributed by atoms with Gasteiger partial charge in [0.15, 0.2) is 5.58 Å². The van der Waals surface area contributed by atoms with E-state index in [9.17, 15) is 0 Å². The van der Waals surface area contributed by atoms with E-state index < -0.39 is 0 Å². The highest BCUT2D eigenvalue weighted by atomic mass is 16.3. The van der Waals surface area contributed by atoms with Gasteiger partial charge >= 0.3 is 0 Å². The fourth-order valence-electron chi connectivity index (χ4n) is 7.14. The fourth-order valence-corrected chi connectivity index (χ4v) is 7.14. The first kappa shape index (κ1) is 28.9. The second kappa shape index (κ2) is 12.0. The summed E-state index contributed by atoms with van der Waals surface area (Å²) in [7, 11) is 0. The molecule has 8 aromatic rings. The van der Waals surface area contributed by atoms with E-state index in [4.69, 9.17) is 4.42 Å². The maximum Gasteiger partial charge on any atom is 0.159 e. The first-order valence-corrected chi connectivity index (χ1v) is 16.8. The summed E-state index contributed by atoms with van der Waals surface area (Å²) in [6.45, 7) is 2.81. The summed E-state index contributed by atoms with van der Waals surface area (Å²) in [5.74, 6) is 0. The van der Waals surface area contributed by atoms with Gasteiger partial charge in [0.1, 0.15) is 5.58 Å². The predicted molar refractivity (Wildman–Crippen MR) is 207 cm³/mol. The van der Waals surface area contributed by atoms with Crippen molar-refractivity contribution < 1.29 is 4.42 Å². The van der Waals surface area contributed by atoms with E-state index >= 15 is 0 Å². The zero-order valence-corrected chi connectivity index (χ0v) is 27.3. The highest BCUT2D eigenvalue weighted by Gasteiger charge is 2.20. The van der Waals surface area contributed by atoms with Crippen LogP contribution in [-0.2, 0) is 6.54 Å². The Hall–Kier alpha value is -6.32. The van der Waals surface area contributed by atoms with Crippen LogP contribution >= 0.6 is 0 Å². The van der Waals surface area contributed by atoms with E-state index in [2.05, 4.69) is 186 Å². The van der Waals surface area contributed by atoms with Gasteiger partial charge in [0.2, 0.25) is 0 Å². The van der Waals surface area contributed by atoms with Gasteiger partial charge in [0.25, 0.3) is 0 Å². The van der Waals surface area contributed by atoms with E-state index in [0.29, 0.717) is 6.54 Å². The third-order valence-corrected chi connectivity index (χ3v) is 9.55. The third kappa shape index (κ3) is 5.17. The molecule has 0 aliphatic heterocycles. The minimum Gasteiger partial charge on any atom is -0.454 e. The molecule has 0 atom stereocenters. The van der Waals surface area contributed by atoms with Gasteiger partial charge < -0.3 is 13.9 Å². The molecule has 2 heterocycles. The molecule has 6 aromatic carbocycles. The van der Waals surface area contributed by atoms with Gasteiger partial charge in [-0.15, -0.1) is 0 Å². The smallest absolute Gasteiger partial charge is 0.159 e. The lowest BCUT2D eigenvalue weighted by Crippen LogP contribution is -2.16. The molecule has 49 heavy (non-hydrogen) atoms. The molecule has 2 aromatic heterocycles. The molecule has 0 saturated carbocycles. The Kier molecular flexibility index (Phi) is 7.09. The van der Waals surface area contributed by atoms with Crippen LogP contribution in [0.1, 0.15) is 23.7 Å². The second-order valence-electron chi connectivity index (χ2n) is 12.7. The Bertz CT molecular complexity index is 2560. The standard InChI is InChI=1S/C46H34N2O/c1-32-12-10-19-42-38(28-22-32)41-30-33(23-29-43(41)48(42)37-15-6-3-7-16-37)31-47(36-26-24-35(25-27-36)34-13-4-2-5-14-34)44-20-11-18-40-39-17-8-9-21-45(39)49-46(40)44/h2-30H,31H2,1H3/b12-10?,19-10-,28-22-,32-12+,32-22?,38-28?,42-19?. The Balaban J connectivity index is 1.21. The summed E-state index contributed by atoms with van der Waals surface area (Å²) in [4.78, 5) is 2.39. The summed E-state index contributed by atoms with van der Waals surface area (Å²) in [5.41, 5.74) is 13.5. The monoisotopic (exact) mass is 630 g/mol. The number of allylic oxidation sites excluding steroid dienone is 4. The number of hydrogen-bond donors (Lipinski definition) is 0. The van der Waals surface area contributed by atoms with Crippen LogP contribution in [0.25, 0.3) is 61.8 Å². The molecule has 1 aliphatic rings. The number of para-hydroxylation sites is 3. The van der Waals surface area contributed by atoms with Crippen molar-refractivity contribution in [2.45, 2.75) is 13.5 Å². The molecule has 1 aliphatic carbocycles. The number of hydrogen-bond acceptors (Lipinski definition) is 2. The molecule has 234 valence electrons. The third-order valence-electron chi connectivity index (χ3n) is 9.55. The van der Waals surface area contributed by atoms with Crippen LogP contribution in [0.3, 0.4) is 0 Å². The first-order chi connectivity index (χ1) is 24.2. The van der Waals surface area contributed by atoms with E-state index in [1.54, 1.807) is 0 Å². The predicted octanol–water partition coefficient (Wildman–Crippen LogP) is 12.5. The highest BCUT2D eigenvalue weighted by Crippen LogP contribution is 2.40. The molecule has 0 saturated heterocycles. The highest BCUT2D eigenvalue weighted by molar-refractivity contribution is 6.09. The van der Waals surface area contributed by atoms with Crippen LogP contribution in [0.4, 0.5) is 11.4 Å². The average molecular weight is 631 g/mol. The first-order valence-electron chi connectivity index (χ1n) is 16.8. The Morgan fingerprint density at radius 3 is 2.18 bits per heavy atom. The van der Waals surface area contributed by atoms with Gasteiger partial charge in [-0.3, -0.25) is 0 Å². The van der Waals surface area contributed by atoms with E-state index in [0.717, 1.165) is 39.0 Å². The molecule has 0 radical (unpaired) electrons. The van der Waals surface area contributed by atoms with Crippen LogP contribution < -0.4 is 4.90 Å². The van der Waals surface area contributed by atoms with Gasteiger partial charge in [0, 0.05) is 39.6 Å². The Morgan fingerprint density at radius 2 is 1.35 bits per heavy atom. The lowest BCUT2D eigenvalue weighted by molar-refractivity contribution is 0.667. The van der Waals surface area contributed by atoms with E-state index in [1.165, 1.54) is 44.4 Å². The molecular weight excluding hydrogens is 597 g/mol. The molecule has 0 unspecified atom stereocenters. The molecular formula is C46H34N2O. The van der Waals surface area contributed by atoms with Crippen LogP contribution in [0, 0.1) is 0 Å². The molecule has 3 nitrogen and oxygen atoms in total. The zero-order chi connectivity index (χ0) is 32.7. The van der Waals surface area contributed by atoms with Gasteiger partial charge in [-0.2, -0.15) is 0 Å². The zero-order valence-electron chi connectivity index (χ0n) is 27.3. The largest absolute Gasteiger partial charge is 0.454 e. The summed E-state index contributed by atoms with van der Waals surface area (Å²) >= 11 is 0. The lowest BCUT2D eigenvalue weighted by atomic mass is 10.0. The molecule has 0 fully saturated rings. The molecule has 3 heteroatoms. The number of rotatable bonds is 6. The van der Waals surface area contributed by atoms with Gasteiger partial charge in [-0.25, -0.2) is 0 Å². The van der Waals surface area contributed by atoms with Gasteiger partial charge in [-0.05, 0) is 78.2 Å². The normalized spacial score (nSPS) is 15.0. The number of anilines is 2. The molecule has 0 spiro atoms. The second-order valence-corrected chi connectivity index (χ2v) is 12.7. The van der Waals surface area contributed by atoms with Crippen LogP contribution in [-0.4, -0.2) is 4.57 Å². The number of nitrogens with zero attached hydrogens (tertiary/aromatic N) is 2. The summed E-state index contributed by atoms with van der Waals surface area (Å²) in [5, 5.41) is 3.48. The van der Waals surface area contributed by atoms with E-state index in [1.807, 2.05) is 6.07 Å². The minimum absolute atomic E-state index is 0.667. The van der Waals surface area contributed by atoms with Crippen molar-refractivity contribution >= 4 is 56.4 Å². The van der Waals surface area contributed by atoms with Crippen LogP contribution in [0.2, 0.25) is 0 Å². The van der Waals surface area contributed by atoms with Gasteiger partial charge in [0.05, 0.1) is 16.9 Å². The number of fused-ring (bicyclic) bond motifs is 6. The van der Waals surface area contributed by atoms with Crippen LogP contribution in [0.5, 0.6) is 0 Å². The average Bonchev–Trinajstić information content (AvgIpc) is 3.68. The molecule has 0 bridgehead atoms. The van der Waals surface area contributed by atoms with Crippen molar-refractivity contribution in [1.82, 2.24) is 4.57 Å². The summed E-state index contributed by atoms with van der Waals surface area (Å²) in [6.07, 6.45) is 11.0. The SMILES string of the molecule is CC1=C\C=C/c2c(c3cc(CN(c4ccc(-c5ccccc5)cc4)c4cccc5c4oc4ccccc45)ccc3n2-c2ccccc2)/C=C\1. The number of furan rings is 1. The van der Waals surface area contributed by atoms with Crippen LogP contribution in [0.15, 0.2) is 174 Å². The van der Waals surface area contributed by atoms with E-state index in [-0.39, 0.29) is 0 Å². The van der Waals surface area contributed by atoms with Crippen molar-refractivity contribution in [2.24, 2.45) is 0 Å². The van der Waals surface area contributed by atoms with Crippen molar-refractivity contribution in [3.8, 4) is 16.8 Å². The Morgan fingerprint density at radius 1 is 0.612 bits per heavy atom. The summed E-state index contributed by atoms with van der Waals surface area (Å²) in [6, 6.07) is 51.8. The number of benzene rings is 6.